The number of nitrogens with one attached hydrogen (secondary N) is 3. The van der Waals surface area contributed by atoms with Gasteiger partial charge in [-0.1, -0.05) is 78.3 Å². The average molecular weight is 619 g/mol. The van der Waals surface area contributed by atoms with E-state index in [-0.39, 0.29) is 11.6 Å². The van der Waals surface area contributed by atoms with Crippen molar-refractivity contribution < 1.29 is 14.4 Å². The third-order valence-corrected chi connectivity index (χ3v) is 7.84. The fraction of sp³-hybridized carbons (Fsp3) is 0.0286. The third kappa shape index (κ3) is 8.44. The molecule has 7 nitrogen and oxygen atoms in total. The second kappa shape index (κ2) is 14.8. The fourth-order valence-electron chi connectivity index (χ4n) is 4.19. The minimum absolute atomic E-state index is 0.0538. The van der Waals surface area contributed by atoms with Crippen molar-refractivity contribution in [2.75, 3.05) is 10.6 Å². The zero-order valence-electron chi connectivity index (χ0n) is 23.3. The Morgan fingerprint density at radius 3 is 2.11 bits per heavy atom. The molecule has 0 bridgehead atoms. The van der Waals surface area contributed by atoms with Crippen molar-refractivity contribution >= 4 is 58.5 Å². The number of hydrogen-bond acceptors (Lipinski definition) is 5. The topological polar surface area (TPSA) is 100 Å². The molecule has 5 aromatic rings. The molecule has 0 saturated heterocycles. The molecular formula is C35H27ClN4O3S. The zero-order valence-corrected chi connectivity index (χ0v) is 24.9. The van der Waals surface area contributed by atoms with Crippen molar-refractivity contribution in [2.45, 2.75) is 10.1 Å². The van der Waals surface area contributed by atoms with E-state index in [4.69, 9.17) is 11.6 Å². The van der Waals surface area contributed by atoms with Gasteiger partial charge in [-0.05, 0) is 71.8 Å². The van der Waals surface area contributed by atoms with E-state index in [0.29, 0.717) is 27.5 Å². The van der Waals surface area contributed by atoms with Crippen LogP contribution in [0.15, 0.2) is 144 Å². The van der Waals surface area contributed by atoms with Gasteiger partial charge in [-0.2, -0.15) is 0 Å². The lowest BCUT2D eigenvalue weighted by molar-refractivity contribution is -0.116. The number of pyridine rings is 1. The van der Waals surface area contributed by atoms with Crippen molar-refractivity contribution in [3.8, 4) is 0 Å². The van der Waals surface area contributed by atoms with E-state index in [1.807, 2.05) is 42.5 Å². The van der Waals surface area contributed by atoms with Crippen molar-refractivity contribution in [2.24, 2.45) is 0 Å². The summed E-state index contributed by atoms with van der Waals surface area (Å²) in [4.78, 5) is 44.7. The summed E-state index contributed by atoms with van der Waals surface area (Å²) in [6.45, 7) is 0. The van der Waals surface area contributed by atoms with E-state index in [2.05, 4.69) is 20.9 Å². The standard InChI is InChI=1S/C35H27ClN4O3S/c36-27-16-14-24(15-17-27)22-31(40-33(41)26-10-5-2-6-11-26)34(42)39-29-12-7-13-30(23-29)44-32(25-8-3-1-4-9-25)35(43)38-28-18-20-37-21-19-28/h1-23,32H,(H,39,42)(H,40,41)(H,37,38,43)/b31-22-. The van der Waals surface area contributed by atoms with E-state index in [0.717, 1.165) is 10.5 Å². The van der Waals surface area contributed by atoms with Crippen LogP contribution in [0.25, 0.3) is 6.08 Å². The number of rotatable bonds is 10. The molecule has 3 amide bonds. The third-order valence-electron chi connectivity index (χ3n) is 6.34. The highest BCUT2D eigenvalue weighted by Crippen LogP contribution is 2.37. The molecule has 0 fully saturated rings. The average Bonchev–Trinajstić information content (AvgIpc) is 3.05. The summed E-state index contributed by atoms with van der Waals surface area (Å²) < 4.78 is 0. The molecule has 0 aliphatic rings. The lowest BCUT2D eigenvalue weighted by atomic mass is 10.1. The zero-order chi connectivity index (χ0) is 30.7. The number of halogens is 1. The van der Waals surface area contributed by atoms with E-state index in [9.17, 15) is 14.4 Å². The summed E-state index contributed by atoms with van der Waals surface area (Å²) in [7, 11) is 0. The van der Waals surface area contributed by atoms with Crippen LogP contribution in [0.1, 0.15) is 26.7 Å². The minimum Gasteiger partial charge on any atom is -0.325 e. The fourth-order valence-corrected chi connectivity index (χ4v) is 5.40. The van der Waals surface area contributed by atoms with Crippen LogP contribution < -0.4 is 16.0 Å². The van der Waals surface area contributed by atoms with Crippen molar-refractivity contribution in [3.63, 3.8) is 0 Å². The van der Waals surface area contributed by atoms with Gasteiger partial charge < -0.3 is 16.0 Å². The molecule has 0 radical (unpaired) electrons. The highest BCUT2D eigenvalue weighted by Gasteiger charge is 2.23. The van der Waals surface area contributed by atoms with Gasteiger partial charge in [0, 0.05) is 39.3 Å². The Kier molecular flexibility index (Phi) is 10.2. The van der Waals surface area contributed by atoms with Crippen LogP contribution in [-0.4, -0.2) is 22.7 Å². The highest BCUT2D eigenvalue weighted by molar-refractivity contribution is 8.00. The summed E-state index contributed by atoms with van der Waals surface area (Å²) >= 11 is 7.39. The molecule has 1 unspecified atom stereocenters. The number of benzene rings is 4. The van der Waals surface area contributed by atoms with Gasteiger partial charge in [0.1, 0.15) is 10.9 Å². The van der Waals surface area contributed by atoms with Gasteiger partial charge in [-0.25, -0.2) is 0 Å². The Morgan fingerprint density at radius 1 is 0.727 bits per heavy atom. The molecule has 3 N–H and O–H groups in total. The predicted molar refractivity (Wildman–Crippen MR) is 176 cm³/mol. The summed E-state index contributed by atoms with van der Waals surface area (Å²) in [5.74, 6) is -1.13. The molecule has 0 saturated carbocycles. The lowest BCUT2D eigenvalue weighted by Gasteiger charge is -2.18. The monoisotopic (exact) mass is 618 g/mol. The van der Waals surface area contributed by atoms with Gasteiger partial charge in [-0.3, -0.25) is 19.4 Å². The van der Waals surface area contributed by atoms with E-state index in [1.165, 1.54) is 11.8 Å². The molecule has 1 atom stereocenters. The van der Waals surface area contributed by atoms with Gasteiger partial charge >= 0.3 is 0 Å². The van der Waals surface area contributed by atoms with E-state index in [1.54, 1.807) is 97.3 Å². The van der Waals surface area contributed by atoms with Crippen LogP contribution >= 0.6 is 23.4 Å². The minimum atomic E-state index is -0.569. The van der Waals surface area contributed by atoms with Gasteiger partial charge in [0.2, 0.25) is 5.91 Å². The Morgan fingerprint density at radius 2 is 1.41 bits per heavy atom. The van der Waals surface area contributed by atoms with Crippen molar-refractivity contribution in [1.29, 1.82) is 0 Å². The Labute approximate surface area is 264 Å². The largest absolute Gasteiger partial charge is 0.325 e. The maximum absolute atomic E-state index is 13.5. The first-order valence-electron chi connectivity index (χ1n) is 13.6. The SMILES string of the molecule is O=C(Nc1cccc(SC(C(=O)Nc2ccncc2)c2ccccc2)c1)/C(=C/c1ccc(Cl)cc1)NC(=O)c1ccccc1. The number of nitrogens with zero attached hydrogens (tertiary/aromatic N) is 1. The molecule has 0 aliphatic carbocycles. The molecule has 1 aromatic heterocycles. The first-order valence-corrected chi connectivity index (χ1v) is 14.9. The molecule has 4 aromatic carbocycles. The Hall–Kier alpha value is -5.18. The van der Waals surface area contributed by atoms with E-state index >= 15 is 0 Å². The Bertz CT molecular complexity index is 1770. The number of carbonyl (C=O) groups excluding carboxylic acids is 3. The summed E-state index contributed by atoms with van der Waals surface area (Å²) in [6, 6.07) is 35.7. The molecule has 0 spiro atoms. The molecule has 0 aliphatic heterocycles. The van der Waals surface area contributed by atoms with Crippen molar-refractivity contribution in [3.05, 3.63) is 161 Å². The molecule has 44 heavy (non-hydrogen) atoms. The number of amides is 3. The first kappa shape index (κ1) is 30.3. The van der Waals surface area contributed by atoms with Crippen LogP contribution in [0.3, 0.4) is 0 Å². The lowest BCUT2D eigenvalue weighted by Crippen LogP contribution is -2.30. The Balaban J connectivity index is 1.37. The first-order chi connectivity index (χ1) is 21.4. The molecule has 1 heterocycles. The van der Waals surface area contributed by atoms with Gasteiger partial charge in [0.15, 0.2) is 0 Å². The number of hydrogen-bond donors (Lipinski definition) is 3. The van der Waals surface area contributed by atoms with Gasteiger partial charge in [0.25, 0.3) is 11.8 Å². The molecule has 218 valence electrons. The molecular weight excluding hydrogens is 592 g/mol. The second-order valence-corrected chi connectivity index (χ2v) is 11.2. The van der Waals surface area contributed by atoms with Crippen LogP contribution in [0.2, 0.25) is 5.02 Å². The van der Waals surface area contributed by atoms with Crippen LogP contribution in [0.4, 0.5) is 11.4 Å². The second-order valence-electron chi connectivity index (χ2n) is 9.55. The number of aromatic nitrogens is 1. The van der Waals surface area contributed by atoms with E-state index < -0.39 is 17.1 Å². The quantitative estimate of drug-likeness (QED) is 0.110. The molecule has 9 heteroatoms. The van der Waals surface area contributed by atoms with Crippen LogP contribution in [0.5, 0.6) is 0 Å². The van der Waals surface area contributed by atoms with Crippen LogP contribution in [0, 0.1) is 0 Å². The summed E-state index contributed by atoms with van der Waals surface area (Å²) in [6.07, 6.45) is 4.81. The smallest absolute Gasteiger partial charge is 0.272 e. The van der Waals surface area contributed by atoms with Crippen molar-refractivity contribution in [1.82, 2.24) is 10.3 Å². The maximum Gasteiger partial charge on any atom is 0.272 e. The summed E-state index contributed by atoms with van der Waals surface area (Å²) in [5.41, 5.74) is 3.12. The van der Waals surface area contributed by atoms with Crippen LogP contribution in [-0.2, 0) is 9.59 Å². The number of anilines is 2. The molecule has 5 rings (SSSR count). The maximum atomic E-state index is 13.5. The highest BCUT2D eigenvalue weighted by atomic mass is 35.5. The summed E-state index contributed by atoms with van der Waals surface area (Å²) in [5, 5.41) is 8.56. The predicted octanol–water partition coefficient (Wildman–Crippen LogP) is 7.62. The normalized spacial score (nSPS) is 11.7. The number of carbonyl (C=O) groups is 3. The van der Waals surface area contributed by atoms with Gasteiger partial charge in [-0.15, -0.1) is 11.8 Å². The van der Waals surface area contributed by atoms with Gasteiger partial charge in [0.05, 0.1) is 0 Å². The number of thioether (sulfide) groups is 1.